The van der Waals surface area contributed by atoms with E-state index in [9.17, 15) is 0 Å². The van der Waals surface area contributed by atoms with Crippen molar-refractivity contribution in [1.29, 1.82) is 0 Å². The van der Waals surface area contributed by atoms with E-state index in [2.05, 4.69) is 89.7 Å². The number of rotatable bonds is 2. The summed E-state index contributed by atoms with van der Waals surface area (Å²) in [5.41, 5.74) is 12.3. The van der Waals surface area contributed by atoms with Crippen LogP contribution >= 0.6 is 0 Å². The summed E-state index contributed by atoms with van der Waals surface area (Å²) >= 11 is 0. The van der Waals surface area contributed by atoms with Gasteiger partial charge < -0.3 is 9.38 Å². The zero-order chi connectivity index (χ0) is 24.5. The molecule has 1 N–H and O–H groups in total. The van der Waals surface area contributed by atoms with Crippen molar-refractivity contribution in [2.75, 3.05) is 47.2 Å². The second kappa shape index (κ2) is 9.47. The molecule has 2 aliphatic carbocycles. The molecule has 0 saturated carbocycles. The summed E-state index contributed by atoms with van der Waals surface area (Å²) in [6, 6.07) is 9.52. The Labute approximate surface area is 243 Å². The Kier molecular flexibility index (Phi) is 6.92. The van der Waals surface area contributed by atoms with Crippen molar-refractivity contribution < 1.29 is 37.6 Å². The molecule has 0 amide bonds. The van der Waals surface area contributed by atoms with E-state index in [1.807, 2.05) is 0 Å². The predicted octanol–water partition coefficient (Wildman–Crippen LogP) is 4.41. The van der Waals surface area contributed by atoms with Crippen molar-refractivity contribution in [3.8, 4) is 0 Å². The van der Waals surface area contributed by atoms with Gasteiger partial charge in [-0.1, -0.05) is 18.2 Å². The number of allylic oxidation sites excluding steroid dienone is 2. The summed E-state index contributed by atoms with van der Waals surface area (Å²) in [7, 11) is 14.0. The van der Waals surface area contributed by atoms with Gasteiger partial charge in [-0.3, -0.25) is 0 Å². The number of likely N-dealkylation sites (N-methyl/N-ethyl adjacent to an activating group) is 2. The van der Waals surface area contributed by atoms with Crippen LogP contribution in [0.3, 0.4) is 0 Å². The van der Waals surface area contributed by atoms with Crippen LogP contribution in [0.5, 0.6) is 0 Å². The van der Waals surface area contributed by atoms with Gasteiger partial charge >= 0.3 is 0 Å². The number of nitrogens with zero attached hydrogens (tertiary/aromatic N) is 3. The fraction of sp³-hybridized carbons (Fsp3) is 0.484. The predicted molar refractivity (Wildman–Crippen MR) is 148 cm³/mol. The number of hydrogen-bond acceptors (Lipinski definition) is 1. The second-order valence-corrected chi connectivity index (χ2v) is 12.1. The second-order valence-electron chi connectivity index (χ2n) is 12.1. The molecule has 6 rings (SSSR count). The maximum absolute atomic E-state index is 3.69. The number of nitrogens with one attached hydrogen (secondary N) is 1. The molecule has 187 valence electrons. The zero-order valence-electron chi connectivity index (χ0n) is 23.1. The SMILES string of the molecule is CN1/C(=C/[C-]=CC2[NH+](C)c3ccc4c(c3[N+]2(C)C)CCCC4)[N+](C)(C)c2c1ccc1c2CCCC1.[Y]. The minimum Gasteiger partial charge on any atom is -0.374 e. The molecule has 0 fully saturated rings. The number of anilines is 1. The van der Waals surface area contributed by atoms with E-state index in [1.165, 1.54) is 79.1 Å². The van der Waals surface area contributed by atoms with Crippen LogP contribution in [0.2, 0.25) is 0 Å². The van der Waals surface area contributed by atoms with Gasteiger partial charge in [0.05, 0.1) is 46.7 Å². The Balaban J connectivity index is 0.00000267. The van der Waals surface area contributed by atoms with Crippen molar-refractivity contribution in [2.45, 2.75) is 57.5 Å². The third-order valence-corrected chi connectivity index (χ3v) is 9.43. The smallest absolute Gasteiger partial charge is 0.226 e. The van der Waals surface area contributed by atoms with Crippen molar-refractivity contribution >= 4 is 22.7 Å². The van der Waals surface area contributed by atoms with Crippen molar-refractivity contribution in [3.63, 3.8) is 0 Å². The first kappa shape index (κ1) is 26.3. The fourth-order valence-electron chi connectivity index (χ4n) is 7.65. The topological polar surface area (TPSA) is 7.68 Å². The summed E-state index contributed by atoms with van der Waals surface area (Å²) in [4.78, 5) is 3.87. The van der Waals surface area contributed by atoms with E-state index < -0.39 is 0 Å². The number of benzene rings is 2. The molecule has 0 aromatic heterocycles. The van der Waals surface area contributed by atoms with E-state index in [-0.39, 0.29) is 32.7 Å². The molecule has 2 heterocycles. The Bertz CT molecular complexity index is 1260. The van der Waals surface area contributed by atoms with Crippen LogP contribution in [0.1, 0.15) is 47.9 Å². The molecule has 36 heavy (non-hydrogen) atoms. The van der Waals surface area contributed by atoms with Gasteiger partial charge in [0, 0.05) is 49.9 Å². The van der Waals surface area contributed by atoms with E-state index in [0.717, 1.165) is 8.97 Å². The standard InChI is InChI=1S/C31H41N4.Y/c1-32-26-20-18-22-12-7-9-14-24(22)30(26)34(3,4)28(32)16-11-17-29-33(2)27-21-19-23-13-8-10-15-25(23)31(27)35(29,5)6;/h16-21,28H,7-10,12-15H2,1-6H3;/q+1;/p+1/b29-17-;. The average molecular weight is 560 g/mol. The fourth-order valence-corrected chi connectivity index (χ4v) is 7.65. The summed E-state index contributed by atoms with van der Waals surface area (Å²) in [6.07, 6.45) is 18.8. The summed E-state index contributed by atoms with van der Waals surface area (Å²) in [5, 5.41) is 0. The van der Waals surface area contributed by atoms with Gasteiger partial charge in [-0.2, -0.15) is 6.08 Å². The molecule has 2 unspecified atom stereocenters. The van der Waals surface area contributed by atoms with Crippen molar-refractivity contribution in [1.82, 2.24) is 8.97 Å². The van der Waals surface area contributed by atoms with E-state index in [4.69, 9.17) is 0 Å². The third kappa shape index (κ3) is 3.82. The Morgan fingerprint density at radius 2 is 1.44 bits per heavy atom. The van der Waals surface area contributed by atoms with Gasteiger partial charge in [0.15, 0.2) is 5.69 Å². The van der Waals surface area contributed by atoms with Gasteiger partial charge in [-0.05, 0) is 75.6 Å². The number of aryl methyl sites for hydroxylation is 2. The van der Waals surface area contributed by atoms with E-state index >= 15 is 0 Å². The zero-order valence-corrected chi connectivity index (χ0v) is 26.0. The monoisotopic (exact) mass is 559 g/mol. The van der Waals surface area contributed by atoms with E-state index in [1.54, 1.807) is 27.9 Å². The minimum atomic E-state index is 0. The molecule has 5 heteroatoms. The average Bonchev–Trinajstić information content (AvgIpc) is 3.17. The van der Waals surface area contributed by atoms with Gasteiger partial charge in [-0.15, -0.1) is 0 Å². The van der Waals surface area contributed by atoms with Crippen molar-refractivity contribution in [3.05, 3.63) is 70.6 Å². The molecule has 2 aromatic carbocycles. The number of fused-ring (bicyclic) bond motifs is 6. The van der Waals surface area contributed by atoms with Crippen LogP contribution in [0.4, 0.5) is 22.7 Å². The molecule has 2 aliphatic heterocycles. The van der Waals surface area contributed by atoms with Crippen molar-refractivity contribution in [2.24, 2.45) is 0 Å². The van der Waals surface area contributed by atoms with Gasteiger partial charge in [-0.25, -0.2) is 15.5 Å². The molecule has 0 spiro atoms. The Morgan fingerprint density at radius 1 is 0.861 bits per heavy atom. The summed E-state index contributed by atoms with van der Waals surface area (Å²) in [6.45, 7) is 0. The minimum absolute atomic E-state index is 0. The first-order valence-corrected chi connectivity index (χ1v) is 13.6. The van der Waals surface area contributed by atoms with Gasteiger partial charge in [0.2, 0.25) is 11.9 Å². The van der Waals surface area contributed by atoms with Crippen LogP contribution in [0, 0.1) is 6.08 Å². The molecule has 4 aliphatic rings. The van der Waals surface area contributed by atoms with E-state index in [0.29, 0.717) is 6.17 Å². The van der Waals surface area contributed by atoms with Crippen LogP contribution < -0.4 is 18.8 Å². The quantitative estimate of drug-likeness (QED) is 0.423. The molecule has 0 saturated heterocycles. The molecular weight excluding hydrogens is 517 g/mol. The molecule has 2 atom stereocenters. The Hall–Kier alpha value is -1.30. The van der Waals surface area contributed by atoms with Crippen LogP contribution in [-0.2, 0) is 58.4 Å². The molecular formula is C31H42N4Y+2. The van der Waals surface area contributed by atoms with Gasteiger partial charge in [0.25, 0.3) is 0 Å². The number of hydrogen-bond donors (Lipinski definition) is 1. The maximum atomic E-state index is 3.69. The summed E-state index contributed by atoms with van der Waals surface area (Å²) in [5.74, 6) is 1.30. The summed E-state index contributed by atoms with van der Waals surface area (Å²) < 4.78 is 1.71. The molecule has 1 radical (unpaired) electrons. The first-order chi connectivity index (χ1) is 16.7. The number of quaternary nitrogens is 3. The molecule has 2 aromatic rings. The third-order valence-electron chi connectivity index (χ3n) is 9.43. The molecule has 4 nitrogen and oxygen atoms in total. The van der Waals surface area contributed by atoms with Crippen LogP contribution in [0.25, 0.3) is 0 Å². The van der Waals surface area contributed by atoms with Gasteiger partial charge in [0.1, 0.15) is 5.69 Å². The van der Waals surface area contributed by atoms with Crippen LogP contribution in [0.15, 0.2) is 42.2 Å². The molecule has 0 bridgehead atoms. The first-order valence-electron chi connectivity index (χ1n) is 13.6. The maximum Gasteiger partial charge on any atom is 0.226 e. The van der Waals surface area contributed by atoms with Crippen LogP contribution in [-0.4, -0.2) is 48.5 Å². The largest absolute Gasteiger partial charge is 0.374 e. The Morgan fingerprint density at radius 3 is 2.11 bits per heavy atom. The normalized spacial score (nSPS) is 26.4.